The summed E-state index contributed by atoms with van der Waals surface area (Å²) in [6.45, 7) is 0. The number of ether oxygens (including phenoxy) is 1. The van der Waals surface area contributed by atoms with Gasteiger partial charge in [0.1, 0.15) is 11.5 Å². The zero-order valence-corrected chi connectivity index (χ0v) is 31.7. The molecule has 11 rings (SSSR count). The number of fused-ring (bicyclic) bond motifs is 3. The van der Waals surface area contributed by atoms with E-state index in [2.05, 4.69) is 229 Å². The molecule has 1 aliphatic heterocycles. The highest BCUT2D eigenvalue weighted by atomic mass is 16.5. The minimum absolute atomic E-state index is 0.876. The van der Waals surface area contributed by atoms with Gasteiger partial charge < -0.3 is 9.64 Å². The van der Waals surface area contributed by atoms with Gasteiger partial charge in [-0.25, -0.2) is 0 Å². The van der Waals surface area contributed by atoms with Crippen LogP contribution in [0.15, 0.2) is 224 Å². The van der Waals surface area contributed by atoms with Crippen molar-refractivity contribution in [3.05, 3.63) is 224 Å². The molecule has 2 nitrogen and oxygen atoms in total. The highest BCUT2D eigenvalue weighted by Crippen LogP contribution is 2.49. The van der Waals surface area contributed by atoms with Gasteiger partial charge in [0.05, 0.1) is 5.69 Å². The smallest absolute Gasteiger partial charge is 0.135 e. The van der Waals surface area contributed by atoms with Gasteiger partial charge in [-0.1, -0.05) is 176 Å². The van der Waals surface area contributed by atoms with E-state index in [-0.39, 0.29) is 0 Å². The number of hydrogen-bond donors (Lipinski definition) is 0. The summed E-state index contributed by atoms with van der Waals surface area (Å²) < 4.78 is 6.49. The van der Waals surface area contributed by atoms with E-state index in [1.165, 1.54) is 55.1 Å². The van der Waals surface area contributed by atoms with Gasteiger partial charge in [-0.15, -0.1) is 0 Å². The van der Waals surface area contributed by atoms with Crippen molar-refractivity contribution < 1.29 is 4.74 Å². The molecule has 0 fully saturated rings. The molecule has 2 heteroatoms. The molecular weight excluding hydrogens is 703 g/mol. The Hall–Kier alpha value is -7.68. The van der Waals surface area contributed by atoms with Crippen LogP contribution in [-0.4, -0.2) is 0 Å². The van der Waals surface area contributed by atoms with E-state index in [0.29, 0.717) is 0 Å². The minimum atomic E-state index is 0.876. The first-order valence-electron chi connectivity index (χ1n) is 19.8. The summed E-state index contributed by atoms with van der Waals surface area (Å²) in [5, 5.41) is 4.86. The third-order valence-electron chi connectivity index (χ3n) is 11.5. The van der Waals surface area contributed by atoms with E-state index in [0.717, 1.165) is 50.6 Å². The lowest BCUT2D eigenvalue weighted by Gasteiger charge is -2.29. The van der Waals surface area contributed by atoms with Crippen molar-refractivity contribution in [1.29, 1.82) is 0 Å². The monoisotopic (exact) mass is 739 g/mol. The molecule has 10 aromatic carbocycles. The molecule has 0 saturated heterocycles. The molecule has 10 aromatic rings. The summed E-state index contributed by atoms with van der Waals surface area (Å²) in [5.41, 5.74) is 15.0. The summed E-state index contributed by atoms with van der Waals surface area (Å²) in [6.07, 6.45) is 0. The molecule has 0 N–H and O–H groups in total. The Morgan fingerprint density at radius 1 is 0.293 bits per heavy atom. The van der Waals surface area contributed by atoms with E-state index in [9.17, 15) is 0 Å². The Kier molecular flexibility index (Phi) is 8.19. The predicted molar refractivity (Wildman–Crippen MR) is 243 cm³/mol. The van der Waals surface area contributed by atoms with E-state index in [1.54, 1.807) is 0 Å². The third-order valence-corrected chi connectivity index (χ3v) is 11.5. The van der Waals surface area contributed by atoms with Gasteiger partial charge in [-0.2, -0.15) is 0 Å². The lowest BCUT2D eigenvalue weighted by Crippen LogP contribution is -2.11. The Bertz CT molecular complexity index is 3100. The zero-order valence-electron chi connectivity index (χ0n) is 31.7. The standard InChI is InChI=1S/C56H37NO/c1-2-11-38(12-3-1)40-27-32-46(33-28-40)57(47-34-29-41(30-35-47)39-23-25-43(26-24-39)49-19-8-14-42-13-4-5-17-48(42)49)53-21-7-6-18-50(53)45-31-36-54-52(37-45)51-20-9-15-44-16-10-22-55(58-54)56(44)51/h1-37H. The molecular formula is C56H37NO. The van der Waals surface area contributed by atoms with E-state index in [4.69, 9.17) is 4.74 Å². The fourth-order valence-electron chi connectivity index (χ4n) is 8.63. The Morgan fingerprint density at radius 2 is 0.810 bits per heavy atom. The maximum atomic E-state index is 6.49. The SMILES string of the molecule is c1ccc(-c2ccc(N(c3ccc(-c4ccc(-c5cccc6ccccc56)cc4)cc3)c3ccccc3-c3ccc4c(c3)-c3cccc5cccc(c35)O4)cc2)cc1. The van der Waals surface area contributed by atoms with Gasteiger partial charge in [0.2, 0.25) is 0 Å². The average Bonchev–Trinajstić information content (AvgIpc) is 3.30. The van der Waals surface area contributed by atoms with Crippen LogP contribution < -0.4 is 9.64 Å². The van der Waals surface area contributed by atoms with E-state index < -0.39 is 0 Å². The topological polar surface area (TPSA) is 12.5 Å². The zero-order chi connectivity index (χ0) is 38.4. The van der Waals surface area contributed by atoms with Gasteiger partial charge in [0.15, 0.2) is 0 Å². The molecule has 0 radical (unpaired) electrons. The summed E-state index contributed by atoms with van der Waals surface area (Å²) in [5.74, 6) is 1.78. The van der Waals surface area contributed by atoms with Gasteiger partial charge in [-0.3, -0.25) is 0 Å². The van der Waals surface area contributed by atoms with Crippen molar-refractivity contribution >= 4 is 38.6 Å². The van der Waals surface area contributed by atoms with Crippen LogP contribution in [0.5, 0.6) is 11.5 Å². The van der Waals surface area contributed by atoms with Crippen molar-refractivity contribution in [2.24, 2.45) is 0 Å². The first-order valence-corrected chi connectivity index (χ1v) is 19.8. The normalized spacial score (nSPS) is 11.6. The minimum Gasteiger partial charge on any atom is -0.456 e. The average molecular weight is 740 g/mol. The van der Waals surface area contributed by atoms with Crippen molar-refractivity contribution in [1.82, 2.24) is 0 Å². The van der Waals surface area contributed by atoms with Crippen LogP contribution in [0.2, 0.25) is 0 Å². The number of hydrogen-bond acceptors (Lipinski definition) is 2. The predicted octanol–water partition coefficient (Wildman–Crippen LogP) is 15.9. The summed E-state index contributed by atoms with van der Waals surface area (Å²) in [4.78, 5) is 2.38. The molecule has 272 valence electrons. The van der Waals surface area contributed by atoms with Crippen molar-refractivity contribution in [3.8, 4) is 67.1 Å². The maximum Gasteiger partial charge on any atom is 0.135 e. The molecule has 0 spiro atoms. The second-order valence-electron chi connectivity index (χ2n) is 14.9. The second kappa shape index (κ2) is 14.1. The summed E-state index contributed by atoms with van der Waals surface area (Å²) in [6, 6.07) is 80.6. The van der Waals surface area contributed by atoms with Gasteiger partial charge in [-0.05, 0) is 109 Å². The number of anilines is 3. The van der Waals surface area contributed by atoms with Crippen LogP contribution in [0.1, 0.15) is 0 Å². The fraction of sp³-hybridized carbons (Fsp3) is 0. The third kappa shape index (κ3) is 5.91. The van der Waals surface area contributed by atoms with Crippen LogP contribution in [0.3, 0.4) is 0 Å². The summed E-state index contributed by atoms with van der Waals surface area (Å²) >= 11 is 0. The van der Waals surface area contributed by atoms with Crippen LogP contribution in [0.4, 0.5) is 17.1 Å². The Balaban J connectivity index is 0.992. The quantitative estimate of drug-likeness (QED) is 0.161. The molecule has 0 saturated carbocycles. The molecule has 0 bridgehead atoms. The highest BCUT2D eigenvalue weighted by molar-refractivity contribution is 6.05. The summed E-state index contributed by atoms with van der Waals surface area (Å²) in [7, 11) is 0. The van der Waals surface area contributed by atoms with Crippen molar-refractivity contribution in [2.45, 2.75) is 0 Å². The van der Waals surface area contributed by atoms with Gasteiger partial charge in [0, 0.05) is 27.9 Å². The van der Waals surface area contributed by atoms with Crippen LogP contribution in [-0.2, 0) is 0 Å². The van der Waals surface area contributed by atoms with Gasteiger partial charge >= 0.3 is 0 Å². The van der Waals surface area contributed by atoms with Crippen molar-refractivity contribution in [3.63, 3.8) is 0 Å². The Labute approximate surface area is 338 Å². The highest BCUT2D eigenvalue weighted by Gasteiger charge is 2.23. The molecule has 1 aliphatic rings. The van der Waals surface area contributed by atoms with E-state index in [1.807, 2.05) is 0 Å². The van der Waals surface area contributed by atoms with Crippen LogP contribution in [0, 0.1) is 0 Å². The number of benzene rings is 10. The van der Waals surface area contributed by atoms with E-state index >= 15 is 0 Å². The number of nitrogens with zero attached hydrogens (tertiary/aromatic N) is 1. The fourth-order valence-corrected chi connectivity index (χ4v) is 8.63. The van der Waals surface area contributed by atoms with Crippen LogP contribution >= 0.6 is 0 Å². The van der Waals surface area contributed by atoms with Crippen LogP contribution in [0.25, 0.3) is 77.2 Å². The number of para-hydroxylation sites is 1. The molecule has 0 aliphatic carbocycles. The maximum absolute atomic E-state index is 6.49. The lowest BCUT2D eigenvalue weighted by atomic mass is 9.91. The first-order chi connectivity index (χ1) is 28.7. The first kappa shape index (κ1) is 33.6. The second-order valence-corrected chi connectivity index (χ2v) is 14.9. The largest absolute Gasteiger partial charge is 0.456 e. The van der Waals surface area contributed by atoms with Gasteiger partial charge in [0.25, 0.3) is 0 Å². The molecule has 0 atom stereocenters. The van der Waals surface area contributed by atoms with Crippen molar-refractivity contribution in [2.75, 3.05) is 4.90 Å². The molecule has 0 amide bonds. The molecule has 0 unspecified atom stereocenters. The molecule has 58 heavy (non-hydrogen) atoms. The Morgan fingerprint density at radius 3 is 1.55 bits per heavy atom. The lowest BCUT2D eigenvalue weighted by molar-refractivity contribution is 0.487. The molecule has 0 aromatic heterocycles. The molecule has 1 heterocycles. The number of rotatable bonds is 7.